The fourth-order valence-corrected chi connectivity index (χ4v) is 3.00. The highest BCUT2D eigenvalue weighted by molar-refractivity contribution is 6.04. The normalized spacial score (nSPS) is 15.0. The van der Waals surface area contributed by atoms with Crippen LogP contribution in [0.3, 0.4) is 0 Å². The summed E-state index contributed by atoms with van der Waals surface area (Å²) in [5.74, 6) is 5.23. The summed E-state index contributed by atoms with van der Waals surface area (Å²) in [6.45, 7) is 2.04. The van der Waals surface area contributed by atoms with Crippen LogP contribution >= 0.6 is 0 Å². The minimum atomic E-state index is -1.38. The summed E-state index contributed by atoms with van der Waals surface area (Å²) in [5, 5.41) is 23.3. The molecule has 7 nitrogen and oxygen atoms in total. The highest BCUT2D eigenvalue weighted by Gasteiger charge is 2.25. The summed E-state index contributed by atoms with van der Waals surface area (Å²) >= 11 is 0. The molecule has 0 saturated heterocycles. The Labute approximate surface area is 161 Å². The molecular formula is C21H17N5O2. The number of para-hydroxylation sites is 1. The van der Waals surface area contributed by atoms with Gasteiger partial charge in [0.2, 0.25) is 0 Å². The van der Waals surface area contributed by atoms with Gasteiger partial charge < -0.3 is 10.8 Å². The molecule has 1 aliphatic heterocycles. The molecule has 1 amide bonds. The molecule has 4 rings (SSSR count). The van der Waals surface area contributed by atoms with E-state index in [-0.39, 0.29) is 5.69 Å². The Morgan fingerprint density at radius 2 is 2.07 bits per heavy atom. The van der Waals surface area contributed by atoms with Crippen LogP contribution in [0.5, 0.6) is 0 Å². The van der Waals surface area contributed by atoms with Crippen LogP contribution in [-0.4, -0.2) is 32.9 Å². The van der Waals surface area contributed by atoms with Crippen molar-refractivity contribution in [3.63, 3.8) is 0 Å². The average Bonchev–Trinajstić information content (AvgIpc) is 3.35. The van der Waals surface area contributed by atoms with Gasteiger partial charge in [0.05, 0.1) is 17.7 Å². The van der Waals surface area contributed by atoms with Gasteiger partial charge in [0.15, 0.2) is 11.3 Å². The first-order chi connectivity index (χ1) is 13.5. The fourth-order valence-electron chi connectivity index (χ4n) is 3.00. The van der Waals surface area contributed by atoms with E-state index in [1.165, 1.54) is 0 Å². The third kappa shape index (κ3) is 3.17. The molecule has 0 aliphatic carbocycles. The van der Waals surface area contributed by atoms with Gasteiger partial charge in [0.25, 0.3) is 5.91 Å². The average molecular weight is 371 g/mol. The van der Waals surface area contributed by atoms with Crippen molar-refractivity contribution in [2.75, 3.05) is 6.54 Å². The maximum absolute atomic E-state index is 11.7. The van der Waals surface area contributed by atoms with Crippen LogP contribution in [0.4, 0.5) is 0 Å². The Kier molecular flexibility index (Phi) is 4.26. The Bertz CT molecular complexity index is 1210. The number of nitrogens with two attached hydrogens (primary N) is 1. The van der Waals surface area contributed by atoms with Gasteiger partial charge in [-0.25, -0.2) is 4.68 Å². The number of aliphatic hydroxyl groups is 1. The summed E-state index contributed by atoms with van der Waals surface area (Å²) in [6.07, 6.45) is 1.74. The summed E-state index contributed by atoms with van der Waals surface area (Å²) < 4.78 is 1.66. The van der Waals surface area contributed by atoms with E-state index in [1.807, 2.05) is 48.5 Å². The van der Waals surface area contributed by atoms with Gasteiger partial charge in [-0.15, -0.1) is 0 Å². The first kappa shape index (κ1) is 17.6. The number of azo groups is 1. The zero-order valence-electron chi connectivity index (χ0n) is 15.1. The lowest BCUT2D eigenvalue weighted by Crippen LogP contribution is -2.23. The molecule has 2 heterocycles. The molecule has 1 aromatic heterocycles. The number of fused-ring (bicyclic) bond motifs is 1. The minimum absolute atomic E-state index is 0.216. The van der Waals surface area contributed by atoms with Crippen LogP contribution in [0.2, 0.25) is 0 Å². The van der Waals surface area contributed by atoms with Crippen LogP contribution in [0.25, 0.3) is 16.6 Å². The Morgan fingerprint density at radius 3 is 2.82 bits per heavy atom. The van der Waals surface area contributed by atoms with Gasteiger partial charge >= 0.3 is 0 Å². The summed E-state index contributed by atoms with van der Waals surface area (Å²) in [5.41, 5.74) is 6.94. The van der Waals surface area contributed by atoms with E-state index in [0.29, 0.717) is 23.2 Å². The van der Waals surface area contributed by atoms with Crippen molar-refractivity contribution in [2.45, 2.75) is 12.5 Å². The number of hydrogen-bond acceptors (Lipinski definition) is 5. The van der Waals surface area contributed by atoms with E-state index < -0.39 is 11.5 Å². The molecular weight excluding hydrogens is 354 g/mol. The zero-order valence-corrected chi connectivity index (χ0v) is 15.1. The first-order valence-corrected chi connectivity index (χ1v) is 8.67. The second-order valence-electron chi connectivity index (χ2n) is 6.53. The number of amides is 1. The molecule has 1 atom stereocenters. The van der Waals surface area contributed by atoms with Gasteiger partial charge in [-0.1, -0.05) is 36.1 Å². The summed E-state index contributed by atoms with van der Waals surface area (Å²) in [4.78, 5) is 11.7. The SMILES string of the molecule is C[C@@](O)(C#Cc1cccc(-n2nc(C(N)=O)c3ccccc32)c1)C1=CCN=N1. The van der Waals surface area contributed by atoms with E-state index in [4.69, 9.17) is 5.73 Å². The molecule has 2 aromatic carbocycles. The van der Waals surface area contributed by atoms with Crippen molar-refractivity contribution in [3.05, 3.63) is 71.6 Å². The van der Waals surface area contributed by atoms with Crippen molar-refractivity contribution >= 4 is 16.8 Å². The number of primary amides is 1. The van der Waals surface area contributed by atoms with Crippen molar-refractivity contribution in [1.29, 1.82) is 0 Å². The zero-order chi connectivity index (χ0) is 19.7. The molecule has 3 N–H and O–H groups in total. The van der Waals surface area contributed by atoms with E-state index in [1.54, 1.807) is 17.7 Å². The molecule has 28 heavy (non-hydrogen) atoms. The van der Waals surface area contributed by atoms with Crippen LogP contribution in [0.15, 0.2) is 70.5 Å². The molecule has 0 unspecified atom stereocenters. The maximum atomic E-state index is 11.7. The van der Waals surface area contributed by atoms with Crippen LogP contribution in [0.1, 0.15) is 23.0 Å². The number of aromatic nitrogens is 2. The molecule has 0 radical (unpaired) electrons. The van der Waals surface area contributed by atoms with Crippen molar-refractivity contribution in [2.24, 2.45) is 16.0 Å². The summed E-state index contributed by atoms with van der Waals surface area (Å²) in [6, 6.07) is 14.7. The lowest BCUT2D eigenvalue weighted by atomic mass is 10.0. The lowest BCUT2D eigenvalue weighted by Gasteiger charge is -2.13. The van der Waals surface area contributed by atoms with Gasteiger partial charge in [0, 0.05) is 10.9 Å². The Morgan fingerprint density at radius 1 is 1.25 bits per heavy atom. The minimum Gasteiger partial charge on any atom is -0.372 e. The molecule has 0 saturated carbocycles. The smallest absolute Gasteiger partial charge is 0.269 e. The molecule has 0 fully saturated rings. The topological polar surface area (TPSA) is 106 Å². The van der Waals surface area contributed by atoms with Crippen molar-refractivity contribution < 1.29 is 9.90 Å². The fraction of sp³-hybridized carbons (Fsp3) is 0.143. The maximum Gasteiger partial charge on any atom is 0.269 e. The number of rotatable bonds is 3. The second-order valence-corrected chi connectivity index (χ2v) is 6.53. The summed E-state index contributed by atoms with van der Waals surface area (Å²) in [7, 11) is 0. The molecule has 0 spiro atoms. The lowest BCUT2D eigenvalue weighted by molar-refractivity contribution is 0.0996. The molecule has 0 bridgehead atoms. The highest BCUT2D eigenvalue weighted by atomic mass is 16.3. The highest BCUT2D eigenvalue weighted by Crippen LogP contribution is 2.23. The Hall–Kier alpha value is -3.76. The van der Waals surface area contributed by atoms with Gasteiger partial charge in [0.1, 0.15) is 5.70 Å². The number of hydrogen-bond donors (Lipinski definition) is 2. The second kappa shape index (κ2) is 6.76. The third-order valence-electron chi connectivity index (χ3n) is 4.41. The number of carbonyl (C=O) groups is 1. The van der Waals surface area contributed by atoms with E-state index in [9.17, 15) is 9.90 Å². The van der Waals surface area contributed by atoms with Crippen molar-refractivity contribution in [3.8, 4) is 17.5 Å². The molecule has 7 heteroatoms. The van der Waals surface area contributed by atoms with E-state index in [0.717, 1.165) is 11.2 Å². The number of nitrogens with zero attached hydrogens (tertiary/aromatic N) is 4. The van der Waals surface area contributed by atoms with E-state index in [2.05, 4.69) is 27.2 Å². The van der Waals surface area contributed by atoms with Gasteiger partial charge in [-0.05, 0) is 37.3 Å². The number of carbonyl (C=O) groups excluding carboxylic acids is 1. The van der Waals surface area contributed by atoms with Gasteiger partial charge in [-0.3, -0.25) is 4.79 Å². The predicted molar refractivity (Wildman–Crippen MR) is 105 cm³/mol. The van der Waals surface area contributed by atoms with E-state index >= 15 is 0 Å². The molecule has 3 aromatic rings. The Balaban J connectivity index is 1.75. The predicted octanol–water partition coefficient (Wildman–Crippen LogP) is 2.58. The monoisotopic (exact) mass is 371 g/mol. The van der Waals surface area contributed by atoms with Crippen LogP contribution in [-0.2, 0) is 0 Å². The molecule has 1 aliphatic rings. The van der Waals surface area contributed by atoms with Crippen LogP contribution < -0.4 is 5.73 Å². The first-order valence-electron chi connectivity index (χ1n) is 8.67. The van der Waals surface area contributed by atoms with Crippen LogP contribution in [0, 0.1) is 11.8 Å². The molecule has 138 valence electrons. The number of benzene rings is 2. The largest absolute Gasteiger partial charge is 0.372 e. The third-order valence-corrected chi connectivity index (χ3v) is 4.41. The quantitative estimate of drug-likeness (QED) is 0.691. The van der Waals surface area contributed by atoms with Gasteiger partial charge in [-0.2, -0.15) is 15.3 Å². The standard InChI is InChI=1S/C21H17N5O2/c1-21(28,18-10-12-23-24-18)11-9-14-5-4-6-15(13-14)26-17-8-3-2-7-16(17)19(25-26)20(22)27/h2-8,10,13,28H,12H2,1H3,(H2,22,27)/t21-/m1/s1. The van der Waals surface area contributed by atoms with Crippen molar-refractivity contribution in [1.82, 2.24) is 9.78 Å².